The highest BCUT2D eigenvalue weighted by Crippen LogP contribution is 2.40. The molecule has 0 fully saturated rings. The number of ether oxygens (including phenoxy) is 4. The first-order chi connectivity index (χ1) is 8.10. The van der Waals surface area contributed by atoms with Gasteiger partial charge in [-0.25, -0.2) is 4.79 Å². The lowest BCUT2D eigenvalue weighted by atomic mass is 10.1. The van der Waals surface area contributed by atoms with Gasteiger partial charge in [0, 0.05) is 0 Å². The third kappa shape index (κ3) is 2.27. The van der Waals surface area contributed by atoms with Gasteiger partial charge in [0.2, 0.25) is 0 Å². The van der Waals surface area contributed by atoms with E-state index in [-0.39, 0.29) is 5.56 Å². The Morgan fingerprint density at radius 2 is 1.59 bits per heavy atom. The predicted molar refractivity (Wildman–Crippen MR) is 62.2 cm³/mol. The maximum atomic E-state index is 11.7. The number of carbonyl (C=O) groups is 1. The second kappa shape index (κ2) is 5.43. The highest BCUT2D eigenvalue weighted by atomic mass is 16.5. The molecule has 0 aliphatic carbocycles. The van der Waals surface area contributed by atoms with Crippen LogP contribution in [0.15, 0.2) is 6.07 Å². The van der Waals surface area contributed by atoms with E-state index in [1.165, 1.54) is 28.4 Å². The van der Waals surface area contributed by atoms with Crippen molar-refractivity contribution in [2.45, 2.75) is 6.92 Å². The molecule has 0 saturated heterocycles. The van der Waals surface area contributed by atoms with E-state index in [0.717, 1.165) is 5.56 Å². The molecule has 1 aromatic rings. The Balaban J connectivity index is 3.56. The summed E-state index contributed by atoms with van der Waals surface area (Å²) in [6, 6.07) is 1.70. The van der Waals surface area contributed by atoms with Crippen molar-refractivity contribution < 1.29 is 23.7 Å². The van der Waals surface area contributed by atoms with Crippen LogP contribution in [-0.4, -0.2) is 34.4 Å². The summed E-state index contributed by atoms with van der Waals surface area (Å²) in [6.07, 6.45) is 0. The molecule has 0 aromatic heterocycles. The molecule has 0 aliphatic rings. The minimum Gasteiger partial charge on any atom is -0.496 e. The van der Waals surface area contributed by atoms with Gasteiger partial charge in [0.05, 0.1) is 28.4 Å². The summed E-state index contributed by atoms with van der Waals surface area (Å²) >= 11 is 0. The Labute approximate surface area is 100 Å². The average Bonchev–Trinajstić information content (AvgIpc) is 2.36. The summed E-state index contributed by atoms with van der Waals surface area (Å²) in [5.41, 5.74) is 1.04. The molecule has 0 bridgehead atoms. The van der Waals surface area contributed by atoms with Gasteiger partial charge < -0.3 is 18.9 Å². The number of esters is 1. The van der Waals surface area contributed by atoms with Crippen LogP contribution in [0.3, 0.4) is 0 Å². The molecule has 0 heterocycles. The third-order valence-corrected chi connectivity index (χ3v) is 2.40. The topological polar surface area (TPSA) is 54.0 Å². The Morgan fingerprint density at radius 1 is 1.00 bits per heavy atom. The first kappa shape index (κ1) is 13.2. The van der Waals surface area contributed by atoms with Crippen LogP contribution >= 0.6 is 0 Å². The Morgan fingerprint density at radius 3 is 2.00 bits per heavy atom. The van der Waals surface area contributed by atoms with Crippen LogP contribution in [0.1, 0.15) is 15.9 Å². The largest absolute Gasteiger partial charge is 0.496 e. The van der Waals surface area contributed by atoms with Crippen LogP contribution in [0.5, 0.6) is 17.2 Å². The van der Waals surface area contributed by atoms with Crippen molar-refractivity contribution in [1.82, 2.24) is 0 Å². The summed E-state index contributed by atoms with van der Waals surface area (Å²) in [6.45, 7) is 1.84. The van der Waals surface area contributed by atoms with Gasteiger partial charge in [-0.05, 0) is 18.6 Å². The van der Waals surface area contributed by atoms with Crippen LogP contribution in [0.25, 0.3) is 0 Å². The van der Waals surface area contributed by atoms with E-state index in [1.54, 1.807) is 6.07 Å². The van der Waals surface area contributed by atoms with Crippen molar-refractivity contribution in [3.05, 3.63) is 17.2 Å². The van der Waals surface area contributed by atoms with Gasteiger partial charge in [-0.1, -0.05) is 0 Å². The quantitative estimate of drug-likeness (QED) is 0.751. The van der Waals surface area contributed by atoms with Gasteiger partial charge in [-0.15, -0.1) is 0 Å². The summed E-state index contributed by atoms with van der Waals surface area (Å²) in [4.78, 5) is 11.7. The van der Waals surface area contributed by atoms with E-state index in [2.05, 4.69) is 0 Å². The fourth-order valence-corrected chi connectivity index (χ4v) is 1.64. The molecule has 1 aromatic carbocycles. The van der Waals surface area contributed by atoms with Crippen molar-refractivity contribution in [1.29, 1.82) is 0 Å². The molecule has 1 rings (SSSR count). The second-order valence-electron chi connectivity index (χ2n) is 3.33. The van der Waals surface area contributed by atoms with E-state index in [4.69, 9.17) is 18.9 Å². The van der Waals surface area contributed by atoms with Gasteiger partial charge in [0.15, 0.2) is 11.5 Å². The smallest absolute Gasteiger partial charge is 0.345 e. The zero-order chi connectivity index (χ0) is 13.0. The van der Waals surface area contributed by atoms with Gasteiger partial charge in [-0.2, -0.15) is 0 Å². The average molecular weight is 240 g/mol. The molecule has 94 valence electrons. The van der Waals surface area contributed by atoms with Gasteiger partial charge >= 0.3 is 5.97 Å². The molecule has 0 aliphatic heterocycles. The summed E-state index contributed by atoms with van der Waals surface area (Å²) in [5, 5.41) is 0. The molecule has 0 spiro atoms. The summed E-state index contributed by atoms with van der Waals surface area (Å²) in [5.74, 6) is 0.675. The van der Waals surface area contributed by atoms with Crippen LogP contribution < -0.4 is 14.2 Å². The molecule has 0 amide bonds. The number of rotatable bonds is 4. The lowest BCUT2D eigenvalue weighted by molar-refractivity contribution is 0.0592. The highest BCUT2D eigenvalue weighted by Gasteiger charge is 2.24. The number of hydrogen-bond acceptors (Lipinski definition) is 5. The highest BCUT2D eigenvalue weighted by molar-refractivity contribution is 5.97. The predicted octanol–water partition coefficient (Wildman–Crippen LogP) is 1.81. The lowest BCUT2D eigenvalue weighted by Crippen LogP contribution is -2.08. The van der Waals surface area contributed by atoms with Crippen molar-refractivity contribution in [3.8, 4) is 17.2 Å². The number of benzene rings is 1. The Hall–Kier alpha value is -1.91. The van der Waals surface area contributed by atoms with Crippen molar-refractivity contribution >= 4 is 5.97 Å². The standard InChI is InChI=1S/C12H16O5/c1-7-6-8(14-2)9(12(13)17-5)11(16-4)10(7)15-3/h6H,1-5H3. The van der Waals surface area contributed by atoms with Crippen molar-refractivity contribution in [3.63, 3.8) is 0 Å². The van der Waals surface area contributed by atoms with Gasteiger partial charge in [0.25, 0.3) is 0 Å². The SMILES string of the molecule is COC(=O)c1c(OC)cc(C)c(OC)c1OC. The molecule has 5 heteroatoms. The molecular weight excluding hydrogens is 224 g/mol. The third-order valence-electron chi connectivity index (χ3n) is 2.40. The van der Waals surface area contributed by atoms with Crippen LogP contribution in [0.4, 0.5) is 0 Å². The number of hydrogen-bond donors (Lipinski definition) is 0. The Bertz CT molecular complexity index is 425. The monoisotopic (exact) mass is 240 g/mol. The molecule has 0 unspecified atom stereocenters. The van der Waals surface area contributed by atoms with Crippen LogP contribution in [0, 0.1) is 6.92 Å². The molecule has 17 heavy (non-hydrogen) atoms. The number of carbonyl (C=O) groups excluding carboxylic acids is 1. The second-order valence-corrected chi connectivity index (χ2v) is 3.33. The zero-order valence-corrected chi connectivity index (χ0v) is 10.6. The fourth-order valence-electron chi connectivity index (χ4n) is 1.64. The van der Waals surface area contributed by atoms with E-state index in [1.807, 2.05) is 6.92 Å². The van der Waals surface area contributed by atoms with E-state index < -0.39 is 5.97 Å². The molecule has 5 nitrogen and oxygen atoms in total. The van der Waals surface area contributed by atoms with Crippen molar-refractivity contribution in [2.75, 3.05) is 28.4 Å². The first-order valence-electron chi connectivity index (χ1n) is 4.98. The van der Waals surface area contributed by atoms with Crippen LogP contribution in [-0.2, 0) is 4.74 Å². The zero-order valence-electron chi connectivity index (χ0n) is 10.6. The van der Waals surface area contributed by atoms with Gasteiger partial charge in [0.1, 0.15) is 11.3 Å². The van der Waals surface area contributed by atoms with E-state index in [9.17, 15) is 4.79 Å². The summed E-state index contributed by atoms with van der Waals surface area (Å²) < 4.78 is 20.3. The van der Waals surface area contributed by atoms with E-state index >= 15 is 0 Å². The van der Waals surface area contributed by atoms with E-state index in [0.29, 0.717) is 17.2 Å². The maximum Gasteiger partial charge on any atom is 0.345 e. The first-order valence-corrected chi connectivity index (χ1v) is 4.98. The van der Waals surface area contributed by atoms with Crippen LogP contribution in [0.2, 0.25) is 0 Å². The number of methoxy groups -OCH3 is 4. The molecule has 0 atom stereocenters. The lowest BCUT2D eigenvalue weighted by Gasteiger charge is -2.16. The summed E-state index contributed by atoms with van der Waals surface area (Å²) in [7, 11) is 5.75. The molecule has 0 saturated carbocycles. The molecular formula is C12H16O5. The Kier molecular flexibility index (Phi) is 4.20. The van der Waals surface area contributed by atoms with Gasteiger partial charge in [-0.3, -0.25) is 0 Å². The number of aryl methyl sites for hydroxylation is 1. The normalized spacial score (nSPS) is 9.71. The van der Waals surface area contributed by atoms with Crippen molar-refractivity contribution in [2.24, 2.45) is 0 Å². The molecule has 0 radical (unpaired) electrons. The maximum absolute atomic E-state index is 11.7. The minimum absolute atomic E-state index is 0.222. The molecule has 0 N–H and O–H groups in total. The minimum atomic E-state index is -0.531. The fraction of sp³-hybridized carbons (Fsp3) is 0.417.